The largest absolute Gasteiger partial charge is 0.516 e. The minimum absolute atomic E-state index is 0.0128. The van der Waals surface area contributed by atoms with E-state index in [1.165, 1.54) is 19.2 Å². The number of azo groups is 1. The van der Waals surface area contributed by atoms with E-state index in [4.69, 9.17) is 9.47 Å². The molecule has 0 unspecified atom stereocenters. The Morgan fingerprint density at radius 2 is 2.03 bits per heavy atom. The van der Waals surface area contributed by atoms with Crippen LogP contribution in [0, 0.1) is 0 Å². The average molecular weight is 551 g/mol. The number of halogens is 3. The molecule has 1 aliphatic rings. The Labute approximate surface area is 209 Å². The van der Waals surface area contributed by atoms with E-state index < -0.39 is 21.5 Å². The van der Waals surface area contributed by atoms with E-state index in [0.29, 0.717) is 25.2 Å². The molecule has 0 saturated carbocycles. The van der Waals surface area contributed by atoms with E-state index >= 15 is 0 Å². The molecule has 3 rings (SSSR count). The lowest BCUT2D eigenvalue weighted by Crippen LogP contribution is -2.32. The third-order valence-electron chi connectivity index (χ3n) is 5.10. The predicted octanol–water partition coefficient (Wildman–Crippen LogP) is 4.57. The van der Waals surface area contributed by atoms with Gasteiger partial charge in [-0.05, 0) is 37.0 Å². The Morgan fingerprint density at radius 1 is 1.25 bits per heavy atom. The van der Waals surface area contributed by atoms with Crippen molar-refractivity contribution < 1.29 is 35.9 Å². The molecule has 0 saturated heterocycles. The lowest BCUT2D eigenvalue weighted by molar-refractivity contribution is -0.0429. The standard InChI is InChI=1S/C20H25F3N6O5S2/c1-3-4-7-29-8-5-6-13-11-14(15(12-16(13)29)28-36(31,32)20(21,22)23)24-26-19-27-25-17(35-19)18(30)34-10-9-33-2/h11-12,28H,3-10H2,1-2H3. The highest BCUT2D eigenvalue weighted by atomic mass is 32.2. The van der Waals surface area contributed by atoms with Crippen molar-refractivity contribution in [2.75, 3.05) is 43.0 Å². The maximum absolute atomic E-state index is 13.1. The van der Waals surface area contributed by atoms with Crippen LogP contribution in [-0.4, -0.2) is 63.5 Å². The van der Waals surface area contributed by atoms with Gasteiger partial charge in [-0.3, -0.25) is 4.72 Å². The van der Waals surface area contributed by atoms with Gasteiger partial charge in [0.25, 0.3) is 5.13 Å². The number of hydrogen-bond acceptors (Lipinski definition) is 11. The van der Waals surface area contributed by atoms with Crippen molar-refractivity contribution in [1.29, 1.82) is 0 Å². The van der Waals surface area contributed by atoms with Crippen LogP contribution in [0.1, 0.15) is 41.6 Å². The SMILES string of the molecule is CCCCN1CCCc2cc(N=Nc3nnc(C(=O)OCCOC)s3)c(NS(=O)(=O)C(F)(F)F)cc21. The second-order valence-corrected chi connectivity index (χ2v) is 10.3. The molecule has 36 heavy (non-hydrogen) atoms. The summed E-state index contributed by atoms with van der Waals surface area (Å²) in [4.78, 5) is 14.0. The fourth-order valence-electron chi connectivity index (χ4n) is 3.36. The molecule has 1 aliphatic heterocycles. The third-order valence-corrected chi connectivity index (χ3v) is 6.98. The summed E-state index contributed by atoms with van der Waals surface area (Å²) in [5.74, 6) is -0.745. The molecule has 0 spiro atoms. The fourth-order valence-corrected chi connectivity index (χ4v) is 4.49. The molecule has 1 aromatic heterocycles. The van der Waals surface area contributed by atoms with Crippen molar-refractivity contribution >= 4 is 49.5 Å². The molecule has 198 valence electrons. The van der Waals surface area contributed by atoms with Crippen LogP contribution in [-0.2, 0) is 25.9 Å². The zero-order chi connectivity index (χ0) is 26.3. The summed E-state index contributed by atoms with van der Waals surface area (Å²) < 4.78 is 74.3. The van der Waals surface area contributed by atoms with Crippen molar-refractivity contribution in [3.8, 4) is 0 Å². The average Bonchev–Trinajstić information content (AvgIpc) is 3.30. The molecule has 1 aromatic carbocycles. The zero-order valence-electron chi connectivity index (χ0n) is 19.5. The summed E-state index contributed by atoms with van der Waals surface area (Å²) in [7, 11) is -4.25. The van der Waals surface area contributed by atoms with Gasteiger partial charge in [-0.15, -0.1) is 20.4 Å². The number of nitrogens with zero attached hydrogens (tertiary/aromatic N) is 5. The minimum Gasteiger partial charge on any atom is -0.458 e. The first-order valence-corrected chi connectivity index (χ1v) is 13.3. The topological polar surface area (TPSA) is 135 Å². The summed E-state index contributed by atoms with van der Waals surface area (Å²) in [6.07, 6.45) is 3.27. The first kappa shape index (κ1) is 27.7. The molecule has 0 radical (unpaired) electrons. The summed E-state index contributed by atoms with van der Waals surface area (Å²) >= 11 is 0.755. The molecule has 0 fully saturated rings. The minimum atomic E-state index is -5.70. The lowest BCUT2D eigenvalue weighted by atomic mass is 10.00. The number of aryl methyl sites for hydroxylation is 1. The van der Waals surface area contributed by atoms with E-state index in [-0.39, 0.29) is 34.7 Å². The molecule has 2 aromatic rings. The normalized spacial score (nSPS) is 14.2. The lowest BCUT2D eigenvalue weighted by Gasteiger charge is -2.32. The number of fused-ring (bicyclic) bond motifs is 1. The van der Waals surface area contributed by atoms with Crippen molar-refractivity contribution in [2.45, 2.75) is 38.1 Å². The Hall–Kier alpha value is -2.85. The summed E-state index contributed by atoms with van der Waals surface area (Å²) in [6, 6.07) is 2.85. The number of hydrogen-bond donors (Lipinski definition) is 1. The van der Waals surface area contributed by atoms with Crippen molar-refractivity contribution in [2.24, 2.45) is 10.2 Å². The van der Waals surface area contributed by atoms with Crippen molar-refractivity contribution in [1.82, 2.24) is 10.2 Å². The van der Waals surface area contributed by atoms with E-state index in [9.17, 15) is 26.4 Å². The molecular weight excluding hydrogens is 525 g/mol. The number of alkyl halides is 3. The number of aromatic nitrogens is 2. The molecular formula is C20H25F3N6O5S2. The number of ether oxygens (including phenoxy) is 2. The van der Waals surface area contributed by atoms with Crippen LogP contribution in [0.2, 0.25) is 0 Å². The highest BCUT2D eigenvalue weighted by Gasteiger charge is 2.46. The molecule has 16 heteroatoms. The van der Waals surface area contributed by atoms with E-state index in [1.807, 2.05) is 11.8 Å². The van der Waals surface area contributed by atoms with Gasteiger partial charge in [0.05, 0.1) is 12.3 Å². The summed E-state index contributed by atoms with van der Waals surface area (Å²) in [5.41, 5.74) is -4.57. The van der Waals surface area contributed by atoms with Crippen molar-refractivity contribution in [3.05, 3.63) is 22.7 Å². The number of methoxy groups -OCH3 is 1. The van der Waals surface area contributed by atoms with Crippen LogP contribution in [0.3, 0.4) is 0 Å². The van der Waals surface area contributed by atoms with Gasteiger partial charge in [0, 0.05) is 25.9 Å². The van der Waals surface area contributed by atoms with E-state index in [1.54, 1.807) is 4.72 Å². The molecule has 0 amide bonds. The molecule has 2 heterocycles. The number of rotatable bonds is 11. The second kappa shape index (κ2) is 11.9. The first-order chi connectivity index (χ1) is 17.1. The van der Waals surface area contributed by atoms with Crippen LogP contribution < -0.4 is 9.62 Å². The fraction of sp³-hybridized carbons (Fsp3) is 0.550. The van der Waals surface area contributed by atoms with Gasteiger partial charge in [0.15, 0.2) is 0 Å². The summed E-state index contributed by atoms with van der Waals surface area (Å²) in [6.45, 7) is 3.62. The Balaban J connectivity index is 1.93. The third kappa shape index (κ3) is 6.88. The quantitative estimate of drug-likeness (QED) is 0.244. The Bertz CT molecular complexity index is 1200. The van der Waals surface area contributed by atoms with Gasteiger partial charge in [-0.25, -0.2) is 4.79 Å². The number of esters is 1. The van der Waals surface area contributed by atoms with Crippen LogP contribution in [0.5, 0.6) is 0 Å². The van der Waals surface area contributed by atoms with Gasteiger partial charge in [0.2, 0.25) is 5.01 Å². The van der Waals surface area contributed by atoms with Crippen LogP contribution >= 0.6 is 11.3 Å². The highest BCUT2D eigenvalue weighted by Crippen LogP contribution is 2.39. The van der Waals surface area contributed by atoms with Crippen LogP contribution in [0.15, 0.2) is 22.4 Å². The molecule has 0 aliphatic carbocycles. The molecule has 1 N–H and O–H groups in total. The van der Waals surface area contributed by atoms with E-state index in [0.717, 1.165) is 36.2 Å². The number of carbonyl (C=O) groups is 1. The van der Waals surface area contributed by atoms with Crippen LogP contribution in [0.4, 0.5) is 35.4 Å². The van der Waals surface area contributed by atoms with Crippen LogP contribution in [0.25, 0.3) is 0 Å². The van der Waals surface area contributed by atoms with Gasteiger partial charge >= 0.3 is 21.5 Å². The maximum Gasteiger partial charge on any atom is 0.516 e. The summed E-state index contributed by atoms with van der Waals surface area (Å²) in [5, 5.41) is 15.0. The molecule has 11 nitrogen and oxygen atoms in total. The Morgan fingerprint density at radius 3 is 2.72 bits per heavy atom. The van der Waals surface area contributed by atoms with Gasteiger partial charge in [-0.2, -0.15) is 21.6 Å². The molecule has 0 bridgehead atoms. The maximum atomic E-state index is 13.1. The number of sulfonamides is 1. The predicted molar refractivity (Wildman–Crippen MR) is 127 cm³/mol. The van der Waals surface area contributed by atoms with Crippen molar-refractivity contribution in [3.63, 3.8) is 0 Å². The number of anilines is 2. The number of nitrogens with one attached hydrogen (secondary N) is 1. The smallest absolute Gasteiger partial charge is 0.458 e. The van der Waals surface area contributed by atoms with E-state index in [2.05, 4.69) is 20.4 Å². The Kier molecular flexibility index (Phi) is 9.19. The number of unbranched alkanes of at least 4 members (excludes halogenated alkanes) is 1. The highest BCUT2D eigenvalue weighted by molar-refractivity contribution is 7.93. The van der Waals surface area contributed by atoms with Gasteiger partial charge in [0.1, 0.15) is 12.3 Å². The second-order valence-electron chi connectivity index (χ2n) is 7.71. The number of benzene rings is 1. The molecule has 0 atom stereocenters. The number of carbonyl (C=O) groups excluding carboxylic acids is 1. The van der Waals surface area contributed by atoms with Gasteiger partial charge < -0.3 is 14.4 Å². The first-order valence-electron chi connectivity index (χ1n) is 11.0. The van der Waals surface area contributed by atoms with Gasteiger partial charge in [-0.1, -0.05) is 24.7 Å². The monoisotopic (exact) mass is 550 g/mol. The zero-order valence-corrected chi connectivity index (χ0v) is 21.2.